The third-order valence-corrected chi connectivity index (χ3v) is 3.89. The third kappa shape index (κ3) is 4.98. The molecule has 128 valence electrons. The monoisotopic (exact) mass is 338 g/mol. The van der Waals surface area contributed by atoms with Gasteiger partial charge in [-0.05, 0) is 42.6 Å². The minimum absolute atomic E-state index is 0. The molecule has 0 atom stereocenters. The molecule has 0 saturated carbocycles. The number of nitrogens with one attached hydrogen (secondary N) is 2. The lowest BCUT2D eigenvalue weighted by Crippen LogP contribution is -2.32. The van der Waals surface area contributed by atoms with Crippen molar-refractivity contribution in [2.45, 2.75) is 40.0 Å². The predicted octanol–water partition coefficient (Wildman–Crippen LogP) is 3.55. The fourth-order valence-electron chi connectivity index (χ4n) is 2.71. The SMILES string of the molecule is CCNCCNC(=O)Cc1coc2cc(C)c(C(C)C)cc12.Cl. The van der Waals surface area contributed by atoms with Crippen molar-refractivity contribution in [2.24, 2.45) is 0 Å². The molecule has 1 amide bonds. The molecule has 5 heteroatoms. The summed E-state index contributed by atoms with van der Waals surface area (Å²) in [5.41, 5.74) is 4.36. The van der Waals surface area contributed by atoms with E-state index >= 15 is 0 Å². The number of likely N-dealkylation sites (N-methyl/N-ethyl adjacent to an activating group) is 1. The van der Waals surface area contributed by atoms with Gasteiger partial charge >= 0.3 is 0 Å². The number of carbonyl (C=O) groups is 1. The Labute approximate surface area is 144 Å². The highest BCUT2D eigenvalue weighted by molar-refractivity contribution is 5.88. The van der Waals surface area contributed by atoms with E-state index in [0.717, 1.165) is 29.6 Å². The first-order valence-corrected chi connectivity index (χ1v) is 8.01. The predicted molar refractivity (Wildman–Crippen MR) is 97.5 cm³/mol. The quantitative estimate of drug-likeness (QED) is 0.759. The normalized spacial score (nSPS) is 10.8. The molecular weight excluding hydrogens is 312 g/mol. The van der Waals surface area contributed by atoms with Crippen LogP contribution in [0.25, 0.3) is 11.0 Å². The van der Waals surface area contributed by atoms with Gasteiger partial charge in [-0.15, -0.1) is 12.4 Å². The molecule has 0 unspecified atom stereocenters. The molecule has 0 bridgehead atoms. The summed E-state index contributed by atoms with van der Waals surface area (Å²) in [6.07, 6.45) is 2.07. The zero-order valence-electron chi connectivity index (χ0n) is 14.4. The smallest absolute Gasteiger partial charge is 0.224 e. The number of aryl methyl sites for hydroxylation is 1. The van der Waals surface area contributed by atoms with Crippen LogP contribution in [0, 0.1) is 6.92 Å². The van der Waals surface area contributed by atoms with E-state index < -0.39 is 0 Å². The summed E-state index contributed by atoms with van der Waals surface area (Å²) in [6.45, 7) is 10.9. The Kier molecular flexibility index (Phi) is 7.59. The average Bonchev–Trinajstić information content (AvgIpc) is 2.84. The summed E-state index contributed by atoms with van der Waals surface area (Å²) >= 11 is 0. The molecule has 4 nitrogen and oxygen atoms in total. The van der Waals surface area contributed by atoms with E-state index in [1.165, 1.54) is 11.1 Å². The second-order valence-corrected chi connectivity index (χ2v) is 6.00. The second-order valence-electron chi connectivity index (χ2n) is 6.00. The van der Waals surface area contributed by atoms with Crippen molar-refractivity contribution < 1.29 is 9.21 Å². The first kappa shape index (κ1) is 19.5. The van der Waals surface area contributed by atoms with Crippen LogP contribution in [0.4, 0.5) is 0 Å². The lowest BCUT2D eigenvalue weighted by atomic mass is 9.95. The number of furan rings is 1. The maximum Gasteiger partial charge on any atom is 0.224 e. The summed E-state index contributed by atoms with van der Waals surface area (Å²) < 4.78 is 5.62. The van der Waals surface area contributed by atoms with Crippen LogP contribution in [0.15, 0.2) is 22.8 Å². The van der Waals surface area contributed by atoms with Crippen LogP contribution in [-0.4, -0.2) is 25.5 Å². The van der Waals surface area contributed by atoms with Crippen molar-refractivity contribution in [3.05, 3.63) is 35.1 Å². The van der Waals surface area contributed by atoms with Gasteiger partial charge < -0.3 is 15.1 Å². The number of amides is 1. The van der Waals surface area contributed by atoms with Gasteiger partial charge in [0, 0.05) is 24.0 Å². The average molecular weight is 339 g/mol. The second kappa shape index (κ2) is 8.94. The Hall–Kier alpha value is -1.52. The van der Waals surface area contributed by atoms with Crippen LogP contribution in [0.2, 0.25) is 0 Å². The highest BCUT2D eigenvalue weighted by atomic mass is 35.5. The van der Waals surface area contributed by atoms with Crippen LogP contribution in [0.5, 0.6) is 0 Å². The molecule has 0 spiro atoms. The van der Waals surface area contributed by atoms with Gasteiger partial charge in [0.15, 0.2) is 0 Å². The Bertz CT molecular complexity index is 650. The molecule has 2 aromatic rings. The van der Waals surface area contributed by atoms with Crippen molar-refractivity contribution in [2.75, 3.05) is 19.6 Å². The summed E-state index contributed by atoms with van der Waals surface area (Å²) in [6, 6.07) is 4.23. The van der Waals surface area contributed by atoms with Gasteiger partial charge in [-0.25, -0.2) is 0 Å². The van der Waals surface area contributed by atoms with Crippen molar-refractivity contribution in [3.8, 4) is 0 Å². The van der Waals surface area contributed by atoms with Gasteiger partial charge in [0.05, 0.1) is 12.7 Å². The van der Waals surface area contributed by atoms with Crippen LogP contribution in [0.1, 0.15) is 43.4 Å². The van der Waals surface area contributed by atoms with Gasteiger partial charge in [0.2, 0.25) is 5.91 Å². The zero-order chi connectivity index (χ0) is 16.1. The molecule has 23 heavy (non-hydrogen) atoms. The molecule has 1 aromatic carbocycles. The fraction of sp³-hybridized carbons (Fsp3) is 0.500. The van der Waals surface area contributed by atoms with E-state index in [1.54, 1.807) is 6.26 Å². The molecule has 1 aromatic heterocycles. The van der Waals surface area contributed by atoms with E-state index in [-0.39, 0.29) is 18.3 Å². The Morgan fingerprint density at radius 3 is 2.65 bits per heavy atom. The number of rotatable bonds is 7. The molecule has 0 aliphatic carbocycles. The topological polar surface area (TPSA) is 54.3 Å². The third-order valence-electron chi connectivity index (χ3n) is 3.89. The maximum absolute atomic E-state index is 12.0. The summed E-state index contributed by atoms with van der Waals surface area (Å²) in [5.74, 6) is 0.494. The van der Waals surface area contributed by atoms with Gasteiger partial charge in [-0.1, -0.05) is 20.8 Å². The van der Waals surface area contributed by atoms with Gasteiger partial charge in [-0.3, -0.25) is 4.79 Å². The molecule has 0 fully saturated rings. The highest BCUT2D eigenvalue weighted by Gasteiger charge is 2.13. The van der Waals surface area contributed by atoms with Crippen LogP contribution < -0.4 is 10.6 Å². The summed E-state index contributed by atoms with van der Waals surface area (Å²) in [7, 11) is 0. The fourth-order valence-corrected chi connectivity index (χ4v) is 2.71. The first-order valence-electron chi connectivity index (χ1n) is 8.01. The van der Waals surface area contributed by atoms with E-state index in [1.807, 2.05) is 6.92 Å². The summed E-state index contributed by atoms with van der Waals surface area (Å²) in [4.78, 5) is 12.0. The number of hydrogen-bond donors (Lipinski definition) is 2. The van der Waals surface area contributed by atoms with Crippen LogP contribution in [-0.2, 0) is 11.2 Å². The molecule has 0 saturated heterocycles. The van der Waals surface area contributed by atoms with Crippen LogP contribution >= 0.6 is 12.4 Å². The lowest BCUT2D eigenvalue weighted by Gasteiger charge is -2.10. The zero-order valence-corrected chi connectivity index (χ0v) is 15.2. The van der Waals surface area contributed by atoms with Gasteiger partial charge in [-0.2, -0.15) is 0 Å². The molecule has 0 aliphatic rings. The molecule has 0 radical (unpaired) electrons. The number of benzene rings is 1. The van der Waals surface area contributed by atoms with E-state index in [0.29, 0.717) is 18.9 Å². The van der Waals surface area contributed by atoms with Gasteiger partial charge in [0.25, 0.3) is 0 Å². The lowest BCUT2D eigenvalue weighted by molar-refractivity contribution is -0.120. The van der Waals surface area contributed by atoms with Crippen molar-refractivity contribution in [3.63, 3.8) is 0 Å². The van der Waals surface area contributed by atoms with E-state index in [9.17, 15) is 4.79 Å². The van der Waals surface area contributed by atoms with Crippen LogP contribution in [0.3, 0.4) is 0 Å². The molecule has 2 N–H and O–H groups in total. The van der Waals surface area contributed by atoms with E-state index in [4.69, 9.17) is 4.42 Å². The number of fused-ring (bicyclic) bond motifs is 1. The Morgan fingerprint density at radius 2 is 2.00 bits per heavy atom. The van der Waals surface area contributed by atoms with E-state index in [2.05, 4.69) is 43.5 Å². The standard InChI is InChI=1S/C18H26N2O2.ClH/c1-5-19-6-7-20-18(21)9-14-11-22-17-8-13(4)15(12(2)3)10-16(14)17;/h8,10-12,19H,5-7,9H2,1-4H3,(H,20,21);1H. The Balaban J connectivity index is 0.00000264. The van der Waals surface area contributed by atoms with Gasteiger partial charge in [0.1, 0.15) is 5.58 Å². The largest absolute Gasteiger partial charge is 0.464 e. The minimum Gasteiger partial charge on any atom is -0.464 e. The molecule has 1 heterocycles. The number of halogens is 1. The number of carbonyl (C=O) groups excluding carboxylic acids is 1. The van der Waals surface area contributed by atoms with Crippen molar-refractivity contribution in [1.82, 2.24) is 10.6 Å². The van der Waals surface area contributed by atoms with Crippen molar-refractivity contribution >= 4 is 29.3 Å². The number of hydrogen-bond acceptors (Lipinski definition) is 3. The van der Waals surface area contributed by atoms with Crippen molar-refractivity contribution in [1.29, 1.82) is 0 Å². The summed E-state index contributed by atoms with van der Waals surface area (Å²) in [5, 5.41) is 7.16. The highest BCUT2D eigenvalue weighted by Crippen LogP contribution is 2.29. The molecule has 2 rings (SSSR count). The maximum atomic E-state index is 12.0. The molecular formula is C18H27ClN2O2. The molecule has 0 aliphatic heterocycles. The Morgan fingerprint density at radius 1 is 1.26 bits per heavy atom. The minimum atomic E-state index is 0. The first-order chi connectivity index (χ1) is 10.5.